The molecule has 0 aliphatic rings. The molecule has 0 saturated carbocycles. The minimum absolute atomic E-state index is 0.0472. The smallest absolute Gasteiger partial charge is 0.326 e. The molecule has 1 aromatic rings. The molecule has 104 valence electrons. The van der Waals surface area contributed by atoms with Gasteiger partial charge in [-0.15, -0.1) is 0 Å². The Labute approximate surface area is 110 Å². The summed E-state index contributed by atoms with van der Waals surface area (Å²) in [6, 6.07) is 4.68. The van der Waals surface area contributed by atoms with Gasteiger partial charge in [-0.25, -0.2) is 9.18 Å². The van der Waals surface area contributed by atoms with Crippen molar-refractivity contribution in [2.24, 2.45) is 5.92 Å². The number of aliphatic carboxylic acids is 1. The summed E-state index contributed by atoms with van der Waals surface area (Å²) in [6.45, 7) is 2.92. The number of carbonyl (C=O) groups is 2. The molecule has 19 heavy (non-hydrogen) atoms. The largest absolute Gasteiger partial charge is 0.481 e. The van der Waals surface area contributed by atoms with Crippen LogP contribution in [0.15, 0.2) is 24.3 Å². The highest BCUT2D eigenvalue weighted by atomic mass is 19.1. The molecule has 0 heterocycles. The van der Waals surface area contributed by atoms with Crippen molar-refractivity contribution < 1.29 is 23.8 Å². The molecule has 0 saturated heterocycles. The van der Waals surface area contributed by atoms with Gasteiger partial charge >= 0.3 is 5.97 Å². The van der Waals surface area contributed by atoms with Crippen LogP contribution in [-0.4, -0.2) is 29.6 Å². The van der Waals surface area contributed by atoms with E-state index in [-0.39, 0.29) is 11.7 Å². The van der Waals surface area contributed by atoms with Crippen molar-refractivity contribution in [1.29, 1.82) is 0 Å². The van der Waals surface area contributed by atoms with Gasteiger partial charge in [-0.2, -0.15) is 0 Å². The number of carbonyl (C=O) groups excluding carboxylic acids is 1. The molecule has 0 aromatic heterocycles. The fourth-order valence-electron chi connectivity index (χ4n) is 1.43. The molecular weight excluding hydrogens is 253 g/mol. The lowest BCUT2D eigenvalue weighted by molar-refractivity contribution is -0.143. The Kier molecular flexibility index (Phi) is 5.29. The molecule has 6 heteroatoms. The van der Waals surface area contributed by atoms with E-state index in [1.165, 1.54) is 18.2 Å². The van der Waals surface area contributed by atoms with Crippen molar-refractivity contribution in [3.05, 3.63) is 30.1 Å². The third-order valence-corrected chi connectivity index (χ3v) is 2.44. The topological polar surface area (TPSA) is 75.6 Å². The van der Waals surface area contributed by atoms with Gasteiger partial charge in [0.25, 0.3) is 5.91 Å². The van der Waals surface area contributed by atoms with E-state index in [0.717, 1.165) is 0 Å². The Bertz CT molecular complexity index is 462. The molecule has 0 fully saturated rings. The van der Waals surface area contributed by atoms with Crippen molar-refractivity contribution in [3.63, 3.8) is 0 Å². The Hall–Kier alpha value is -2.11. The number of ether oxygens (including phenoxy) is 1. The summed E-state index contributed by atoms with van der Waals surface area (Å²) < 4.78 is 18.2. The van der Waals surface area contributed by atoms with E-state index in [1.54, 1.807) is 19.9 Å². The minimum Gasteiger partial charge on any atom is -0.481 e. The number of rotatable bonds is 6. The minimum atomic E-state index is -1.12. The number of halogens is 1. The molecule has 0 unspecified atom stereocenters. The highest BCUT2D eigenvalue weighted by Crippen LogP contribution is 2.14. The maximum Gasteiger partial charge on any atom is 0.326 e. The van der Waals surface area contributed by atoms with E-state index in [4.69, 9.17) is 9.84 Å². The van der Waals surface area contributed by atoms with Crippen molar-refractivity contribution in [3.8, 4) is 5.75 Å². The molecule has 0 aliphatic heterocycles. The Morgan fingerprint density at radius 3 is 2.53 bits per heavy atom. The maximum absolute atomic E-state index is 13.2. The van der Waals surface area contributed by atoms with E-state index in [9.17, 15) is 14.0 Å². The third kappa shape index (κ3) is 4.57. The summed E-state index contributed by atoms with van der Waals surface area (Å²) in [7, 11) is 0. The first-order valence-electron chi connectivity index (χ1n) is 5.81. The molecule has 0 spiro atoms. The average Bonchev–Trinajstić information content (AvgIpc) is 2.34. The Balaban J connectivity index is 2.52. The maximum atomic E-state index is 13.2. The van der Waals surface area contributed by atoms with Crippen LogP contribution in [-0.2, 0) is 9.59 Å². The summed E-state index contributed by atoms with van der Waals surface area (Å²) in [4.78, 5) is 22.4. The van der Waals surface area contributed by atoms with Gasteiger partial charge in [0.15, 0.2) is 18.2 Å². The van der Waals surface area contributed by atoms with Gasteiger partial charge in [0.05, 0.1) is 0 Å². The lowest BCUT2D eigenvalue weighted by atomic mass is 10.1. The number of amides is 1. The highest BCUT2D eigenvalue weighted by molar-refractivity contribution is 5.84. The molecule has 0 aliphatic carbocycles. The molecule has 0 bridgehead atoms. The summed E-state index contributed by atoms with van der Waals surface area (Å²) >= 11 is 0. The lowest BCUT2D eigenvalue weighted by Gasteiger charge is -2.18. The van der Waals surface area contributed by atoms with Gasteiger partial charge in [0.1, 0.15) is 6.04 Å². The molecule has 5 nitrogen and oxygen atoms in total. The van der Waals surface area contributed by atoms with Crippen LogP contribution >= 0.6 is 0 Å². The van der Waals surface area contributed by atoms with Crippen LogP contribution in [0.25, 0.3) is 0 Å². The second-order valence-corrected chi connectivity index (χ2v) is 4.35. The molecule has 1 aromatic carbocycles. The molecular formula is C13H16FNO4. The first-order chi connectivity index (χ1) is 8.91. The fourth-order valence-corrected chi connectivity index (χ4v) is 1.43. The summed E-state index contributed by atoms with van der Waals surface area (Å²) in [6.07, 6.45) is 0. The first kappa shape index (κ1) is 14.9. The molecule has 0 radical (unpaired) electrons. The van der Waals surface area contributed by atoms with E-state index in [1.807, 2.05) is 0 Å². The van der Waals surface area contributed by atoms with Gasteiger partial charge in [-0.3, -0.25) is 4.79 Å². The number of nitrogens with one attached hydrogen (secondary N) is 1. The van der Waals surface area contributed by atoms with E-state index in [0.29, 0.717) is 0 Å². The van der Waals surface area contributed by atoms with Crippen LogP contribution in [0.5, 0.6) is 5.75 Å². The second-order valence-electron chi connectivity index (χ2n) is 4.35. The van der Waals surface area contributed by atoms with Gasteiger partial charge < -0.3 is 15.2 Å². The van der Waals surface area contributed by atoms with E-state index >= 15 is 0 Å². The van der Waals surface area contributed by atoms with Crippen molar-refractivity contribution in [2.45, 2.75) is 19.9 Å². The number of carboxylic acid groups (broad SMARTS) is 1. The predicted octanol–water partition coefficient (Wildman–Crippen LogP) is 1.43. The van der Waals surface area contributed by atoms with Gasteiger partial charge in [-0.1, -0.05) is 26.0 Å². The van der Waals surface area contributed by atoms with E-state index < -0.39 is 30.3 Å². The molecule has 1 atom stereocenters. The number of carboxylic acids is 1. The quantitative estimate of drug-likeness (QED) is 0.819. The summed E-state index contributed by atoms with van der Waals surface area (Å²) in [5.41, 5.74) is 0. The fraction of sp³-hybridized carbons (Fsp3) is 0.385. The number of hydrogen-bond acceptors (Lipinski definition) is 3. The monoisotopic (exact) mass is 269 g/mol. The normalized spacial score (nSPS) is 12.0. The van der Waals surface area contributed by atoms with Crippen molar-refractivity contribution >= 4 is 11.9 Å². The Morgan fingerprint density at radius 1 is 1.37 bits per heavy atom. The third-order valence-electron chi connectivity index (χ3n) is 2.44. The molecule has 1 rings (SSSR count). The zero-order chi connectivity index (χ0) is 14.4. The molecule has 1 amide bonds. The van der Waals surface area contributed by atoms with Crippen LogP contribution in [0.4, 0.5) is 4.39 Å². The van der Waals surface area contributed by atoms with Gasteiger partial charge in [0, 0.05) is 0 Å². The van der Waals surface area contributed by atoms with Crippen LogP contribution in [0, 0.1) is 11.7 Å². The second kappa shape index (κ2) is 6.72. The SMILES string of the molecule is CC(C)[C@H](NC(=O)COc1ccccc1F)C(=O)O. The molecule has 2 N–H and O–H groups in total. The van der Waals surface area contributed by atoms with Crippen LogP contribution in [0.2, 0.25) is 0 Å². The van der Waals surface area contributed by atoms with Crippen LogP contribution in [0.3, 0.4) is 0 Å². The summed E-state index contributed by atoms with van der Waals surface area (Å²) in [5.74, 6) is -2.60. The standard InChI is InChI=1S/C13H16FNO4/c1-8(2)12(13(17)18)15-11(16)7-19-10-6-4-3-5-9(10)14/h3-6,8,12H,7H2,1-2H3,(H,15,16)(H,17,18)/t12-/m0/s1. The van der Waals surface area contributed by atoms with E-state index in [2.05, 4.69) is 5.32 Å². The predicted molar refractivity (Wildman–Crippen MR) is 66.3 cm³/mol. The number of para-hydroxylation sites is 1. The van der Waals surface area contributed by atoms with Gasteiger partial charge in [-0.05, 0) is 18.1 Å². The lowest BCUT2D eigenvalue weighted by Crippen LogP contribution is -2.46. The summed E-state index contributed by atoms with van der Waals surface area (Å²) in [5, 5.41) is 11.2. The number of hydrogen-bond donors (Lipinski definition) is 2. The first-order valence-corrected chi connectivity index (χ1v) is 5.81. The van der Waals surface area contributed by atoms with Crippen LogP contribution in [0.1, 0.15) is 13.8 Å². The average molecular weight is 269 g/mol. The van der Waals surface area contributed by atoms with Crippen molar-refractivity contribution in [1.82, 2.24) is 5.32 Å². The Morgan fingerprint density at radius 2 is 2.00 bits per heavy atom. The van der Waals surface area contributed by atoms with Crippen LogP contribution < -0.4 is 10.1 Å². The zero-order valence-corrected chi connectivity index (χ0v) is 10.7. The zero-order valence-electron chi connectivity index (χ0n) is 10.7. The van der Waals surface area contributed by atoms with Crippen molar-refractivity contribution in [2.75, 3.05) is 6.61 Å². The van der Waals surface area contributed by atoms with Gasteiger partial charge in [0.2, 0.25) is 0 Å². The number of benzene rings is 1. The highest BCUT2D eigenvalue weighted by Gasteiger charge is 2.23.